The molecule has 23 heavy (non-hydrogen) atoms. The Balaban J connectivity index is 2.30. The third kappa shape index (κ3) is 3.79. The molecule has 0 amide bonds. The number of nitrogens with one attached hydrogen (secondary N) is 1. The molecule has 10 nitrogen and oxygen atoms in total. The zero-order valence-corrected chi connectivity index (χ0v) is 12.6. The van der Waals surface area contributed by atoms with Crippen molar-refractivity contribution in [2.75, 3.05) is 6.61 Å². The highest BCUT2D eigenvalue weighted by Crippen LogP contribution is 2.24. The molecule has 1 aromatic carbocycles. The first-order chi connectivity index (χ1) is 10.9. The van der Waals surface area contributed by atoms with Crippen LogP contribution in [0.3, 0.4) is 0 Å². The van der Waals surface area contributed by atoms with Crippen molar-refractivity contribution >= 4 is 10.0 Å². The van der Waals surface area contributed by atoms with Crippen molar-refractivity contribution in [3.8, 4) is 0 Å². The Hall–Kier alpha value is -1.72. The Bertz CT molecular complexity index is 678. The molecule has 126 valence electrons. The number of sulfonamides is 1. The molecule has 3 unspecified atom stereocenters. The van der Waals surface area contributed by atoms with Gasteiger partial charge in [0, 0.05) is 4.91 Å². The molecule has 0 aromatic heterocycles. The highest BCUT2D eigenvalue weighted by molar-refractivity contribution is 7.89. The highest BCUT2D eigenvalue weighted by Gasteiger charge is 2.45. The monoisotopic (exact) mass is 344 g/mol. The molecule has 1 aliphatic heterocycles. The van der Waals surface area contributed by atoms with Crippen LogP contribution in [0.5, 0.6) is 0 Å². The molecular weight excluding hydrogens is 328 g/mol. The molecule has 0 saturated carbocycles. The van der Waals surface area contributed by atoms with Crippen molar-refractivity contribution in [1.29, 1.82) is 0 Å². The summed E-state index contributed by atoms with van der Waals surface area (Å²) in [5.41, 5.74) is 8.56. The summed E-state index contributed by atoms with van der Waals surface area (Å²) in [5.74, 6) is 0. The Morgan fingerprint density at radius 1 is 1.26 bits per heavy atom. The minimum atomic E-state index is -4.04. The number of aliphatic hydroxyl groups is 3. The van der Waals surface area contributed by atoms with Gasteiger partial charge in [0.15, 0.2) is 6.23 Å². The lowest BCUT2D eigenvalue weighted by Crippen LogP contribution is -2.63. The van der Waals surface area contributed by atoms with Crippen molar-refractivity contribution < 1.29 is 28.5 Å². The van der Waals surface area contributed by atoms with Crippen molar-refractivity contribution in [2.24, 2.45) is 5.11 Å². The lowest BCUT2D eigenvalue weighted by atomic mass is 9.97. The second kappa shape index (κ2) is 7.23. The predicted octanol–water partition coefficient (Wildman–Crippen LogP) is -0.917. The second-order valence-corrected chi connectivity index (χ2v) is 6.61. The topological polar surface area (TPSA) is 165 Å². The standard InChI is InChI=1S/C12H16N4O6S/c13-16-14-12-9(11(19)10(18)8(6-17)22-12)15-23(20,21)7-4-2-1-3-5-7/h1-5,8-12,15,17-19H,6H2/t8?,9?,10-,11?,12-/m1/s1. The van der Waals surface area contributed by atoms with Gasteiger partial charge < -0.3 is 20.1 Å². The lowest BCUT2D eigenvalue weighted by molar-refractivity contribution is -0.189. The van der Waals surface area contributed by atoms with Crippen LogP contribution in [0.15, 0.2) is 40.3 Å². The molecule has 0 spiro atoms. The number of azide groups is 1. The Kier molecular flexibility index (Phi) is 5.55. The molecule has 11 heteroatoms. The fourth-order valence-electron chi connectivity index (χ4n) is 2.22. The molecule has 2 rings (SSSR count). The van der Waals surface area contributed by atoms with Gasteiger partial charge in [0.05, 0.1) is 17.5 Å². The maximum atomic E-state index is 12.3. The largest absolute Gasteiger partial charge is 0.394 e. The third-order valence-corrected chi connectivity index (χ3v) is 4.89. The van der Waals surface area contributed by atoms with E-state index in [4.69, 9.17) is 15.4 Å². The molecule has 0 bridgehead atoms. The van der Waals surface area contributed by atoms with Gasteiger partial charge in [0.2, 0.25) is 10.0 Å². The Labute approximate surface area is 132 Å². The minimum Gasteiger partial charge on any atom is -0.394 e. The SMILES string of the molecule is [N-]=[N+]=N[C@@H]1OC(CO)[C@@H](O)C(O)C1NS(=O)(=O)c1ccccc1. The summed E-state index contributed by atoms with van der Waals surface area (Å²) in [6, 6.07) is 5.94. The quantitative estimate of drug-likeness (QED) is 0.306. The fourth-order valence-corrected chi connectivity index (χ4v) is 3.49. The zero-order valence-electron chi connectivity index (χ0n) is 11.8. The smallest absolute Gasteiger partial charge is 0.240 e. The van der Waals surface area contributed by atoms with Gasteiger partial charge in [0.1, 0.15) is 18.3 Å². The number of aliphatic hydroxyl groups excluding tert-OH is 3. The summed E-state index contributed by atoms with van der Waals surface area (Å²) >= 11 is 0. The molecule has 0 aliphatic carbocycles. The van der Waals surface area contributed by atoms with E-state index in [0.29, 0.717) is 0 Å². The lowest BCUT2D eigenvalue weighted by Gasteiger charge is -2.40. The minimum absolute atomic E-state index is 0.0642. The van der Waals surface area contributed by atoms with Crippen LogP contribution in [0.4, 0.5) is 0 Å². The van der Waals surface area contributed by atoms with E-state index in [9.17, 15) is 18.6 Å². The van der Waals surface area contributed by atoms with Crippen LogP contribution in [-0.4, -0.2) is 60.9 Å². The van der Waals surface area contributed by atoms with Gasteiger partial charge in [-0.05, 0) is 17.7 Å². The first kappa shape index (κ1) is 17.6. The van der Waals surface area contributed by atoms with E-state index in [1.807, 2.05) is 0 Å². The van der Waals surface area contributed by atoms with Gasteiger partial charge in [-0.15, -0.1) is 0 Å². The van der Waals surface area contributed by atoms with Crippen LogP contribution in [0.1, 0.15) is 0 Å². The van der Waals surface area contributed by atoms with E-state index in [-0.39, 0.29) is 4.90 Å². The highest BCUT2D eigenvalue weighted by atomic mass is 32.2. The van der Waals surface area contributed by atoms with Crippen LogP contribution in [-0.2, 0) is 14.8 Å². The maximum Gasteiger partial charge on any atom is 0.240 e. The molecular formula is C12H16N4O6S. The van der Waals surface area contributed by atoms with Gasteiger partial charge in [-0.1, -0.05) is 23.3 Å². The van der Waals surface area contributed by atoms with Gasteiger partial charge in [-0.25, -0.2) is 13.1 Å². The molecule has 1 saturated heterocycles. The summed E-state index contributed by atoms with van der Waals surface area (Å²) in [6.45, 7) is -0.631. The van der Waals surface area contributed by atoms with Crippen LogP contribution in [0, 0.1) is 0 Å². The number of rotatable bonds is 5. The molecule has 1 aliphatic rings. The van der Waals surface area contributed by atoms with E-state index in [1.165, 1.54) is 24.3 Å². The first-order valence-corrected chi connectivity index (χ1v) is 8.13. The van der Waals surface area contributed by atoms with E-state index in [2.05, 4.69) is 14.7 Å². The van der Waals surface area contributed by atoms with Gasteiger partial charge >= 0.3 is 0 Å². The average Bonchev–Trinajstić information content (AvgIpc) is 2.55. The molecule has 5 atom stereocenters. The van der Waals surface area contributed by atoms with Crippen molar-refractivity contribution in [2.45, 2.75) is 35.5 Å². The van der Waals surface area contributed by atoms with Crippen LogP contribution >= 0.6 is 0 Å². The third-order valence-electron chi connectivity index (χ3n) is 3.41. The number of hydrogen-bond acceptors (Lipinski definition) is 7. The summed E-state index contributed by atoms with van der Waals surface area (Å²) < 4.78 is 31.9. The van der Waals surface area contributed by atoms with Gasteiger partial charge in [-0.3, -0.25) is 0 Å². The molecule has 4 N–H and O–H groups in total. The van der Waals surface area contributed by atoms with Gasteiger partial charge in [0.25, 0.3) is 0 Å². The Morgan fingerprint density at radius 2 is 1.91 bits per heavy atom. The summed E-state index contributed by atoms with van der Waals surface area (Å²) in [7, 11) is -4.04. The number of nitrogens with zero attached hydrogens (tertiary/aromatic N) is 3. The zero-order chi connectivity index (χ0) is 17.0. The Morgan fingerprint density at radius 3 is 2.48 bits per heavy atom. The van der Waals surface area contributed by atoms with E-state index in [0.717, 1.165) is 0 Å². The van der Waals surface area contributed by atoms with Crippen molar-refractivity contribution in [3.63, 3.8) is 0 Å². The fraction of sp³-hybridized carbons (Fsp3) is 0.500. The van der Waals surface area contributed by atoms with Crippen molar-refractivity contribution in [1.82, 2.24) is 4.72 Å². The van der Waals surface area contributed by atoms with Crippen LogP contribution in [0.2, 0.25) is 0 Å². The predicted molar refractivity (Wildman–Crippen MR) is 77.5 cm³/mol. The molecule has 1 aromatic rings. The first-order valence-electron chi connectivity index (χ1n) is 6.64. The number of ether oxygens (including phenoxy) is 1. The van der Waals surface area contributed by atoms with E-state index >= 15 is 0 Å². The number of benzene rings is 1. The second-order valence-electron chi connectivity index (χ2n) is 4.89. The average molecular weight is 344 g/mol. The molecule has 0 radical (unpaired) electrons. The normalized spacial score (nSPS) is 31.3. The summed E-state index contributed by atoms with van der Waals surface area (Å²) in [6.07, 6.45) is -5.80. The molecule has 1 fully saturated rings. The number of hydrogen-bond donors (Lipinski definition) is 4. The van der Waals surface area contributed by atoms with E-state index in [1.54, 1.807) is 6.07 Å². The van der Waals surface area contributed by atoms with E-state index < -0.39 is 47.2 Å². The summed E-state index contributed by atoms with van der Waals surface area (Å²) in [5, 5.41) is 32.3. The summed E-state index contributed by atoms with van der Waals surface area (Å²) in [4.78, 5) is 2.47. The van der Waals surface area contributed by atoms with Crippen LogP contribution in [0.25, 0.3) is 10.4 Å². The van der Waals surface area contributed by atoms with Crippen molar-refractivity contribution in [3.05, 3.63) is 40.8 Å². The molecule has 1 heterocycles. The van der Waals surface area contributed by atoms with Crippen LogP contribution < -0.4 is 4.72 Å². The maximum absolute atomic E-state index is 12.3. The van der Waals surface area contributed by atoms with Gasteiger partial charge in [-0.2, -0.15) is 0 Å².